The number of rotatable bonds is 5. The third-order valence-electron chi connectivity index (χ3n) is 2.78. The van der Waals surface area contributed by atoms with Gasteiger partial charge in [-0.25, -0.2) is 0 Å². The van der Waals surface area contributed by atoms with Gasteiger partial charge in [0.05, 0.1) is 11.7 Å². The first-order chi connectivity index (χ1) is 8.36. The summed E-state index contributed by atoms with van der Waals surface area (Å²) in [5.41, 5.74) is 0.307. The average molecular weight is 262 g/mol. The molecule has 0 saturated carbocycles. The lowest BCUT2D eigenvalue weighted by Crippen LogP contribution is -2.08. The molecule has 1 aromatic carbocycles. The number of hydrogen-bond acceptors (Lipinski definition) is 2. The maximum absolute atomic E-state index is 12.5. The van der Waals surface area contributed by atoms with E-state index in [1.54, 1.807) is 14.0 Å². The van der Waals surface area contributed by atoms with Gasteiger partial charge in [-0.05, 0) is 43.0 Å². The molecular weight excluding hydrogens is 245 g/mol. The number of ether oxygens (including phenoxy) is 1. The van der Waals surface area contributed by atoms with E-state index >= 15 is 0 Å². The van der Waals surface area contributed by atoms with Crippen LogP contribution in [-0.4, -0.2) is 18.8 Å². The molecule has 1 atom stereocenters. The summed E-state index contributed by atoms with van der Waals surface area (Å²) < 4.78 is 42.3. The van der Waals surface area contributed by atoms with Crippen molar-refractivity contribution in [2.75, 3.05) is 13.7 Å². The second-order valence-electron chi connectivity index (χ2n) is 4.22. The smallest absolute Gasteiger partial charge is 0.388 e. The quantitative estimate of drug-likeness (QED) is 0.823. The highest BCUT2D eigenvalue weighted by Gasteiger charge is 2.30. The molecule has 2 nitrogen and oxygen atoms in total. The lowest BCUT2D eigenvalue weighted by Gasteiger charge is -2.15. The van der Waals surface area contributed by atoms with Crippen molar-refractivity contribution in [3.05, 3.63) is 34.9 Å². The van der Waals surface area contributed by atoms with Crippen LogP contribution in [0.3, 0.4) is 0 Å². The van der Waals surface area contributed by atoms with Crippen LogP contribution in [0, 0.1) is 6.92 Å². The van der Waals surface area contributed by atoms with E-state index in [1.807, 2.05) is 0 Å². The predicted octanol–water partition coefficient (Wildman–Crippen LogP) is 3.47. The van der Waals surface area contributed by atoms with Crippen LogP contribution >= 0.6 is 0 Å². The summed E-state index contributed by atoms with van der Waals surface area (Å²) in [6, 6.07) is 3.41. The molecule has 0 bridgehead atoms. The summed E-state index contributed by atoms with van der Waals surface area (Å²) in [6.45, 7) is 2.10. The number of alkyl halides is 3. The minimum absolute atomic E-state index is 0.453. The Morgan fingerprint density at radius 2 is 2.00 bits per heavy atom. The fraction of sp³-hybridized carbons (Fsp3) is 0.538. The van der Waals surface area contributed by atoms with Gasteiger partial charge in [0.1, 0.15) is 0 Å². The van der Waals surface area contributed by atoms with Crippen LogP contribution in [0.25, 0.3) is 0 Å². The number of hydrogen-bond donors (Lipinski definition) is 1. The van der Waals surface area contributed by atoms with E-state index in [0.29, 0.717) is 30.6 Å². The topological polar surface area (TPSA) is 29.5 Å². The van der Waals surface area contributed by atoms with Gasteiger partial charge in [-0.1, -0.05) is 6.07 Å². The number of aliphatic hydroxyl groups is 1. The molecule has 0 aliphatic carbocycles. The molecule has 5 heteroatoms. The van der Waals surface area contributed by atoms with Gasteiger partial charge in [-0.3, -0.25) is 0 Å². The van der Waals surface area contributed by atoms with Crippen LogP contribution in [0.4, 0.5) is 13.2 Å². The van der Waals surface area contributed by atoms with E-state index in [9.17, 15) is 18.3 Å². The highest BCUT2D eigenvalue weighted by atomic mass is 19.4. The van der Waals surface area contributed by atoms with Gasteiger partial charge in [-0.2, -0.15) is 13.2 Å². The summed E-state index contributed by atoms with van der Waals surface area (Å²) in [6.07, 6.45) is -3.95. The van der Waals surface area contributed by atoms with Gasteiger partial charge in [0, 0.05) is 13.7 Å². The highest BCUT2D eigenvalue weighted by molar-refractivity contribution is 5.33. The molecule has 0 radical (unpaired) electrons. The minimum atomic E-state index is -4.34. The molecule has 0 aliphatic rings. The third-order valence-corrected chi connectivity index (χ3v) is 2.78. The van der Waals surface area contributed by atoms with Gasteiger partial charge in [0.2, 0.25) is 0 Å². The molecule has 0 saturated heterocycles. The number of aryl methyl sites for hydroxylation is 1. The van der Waals surface area contributed by atoms with Crippen molar-refractivity contribution in [3.63, 3.8) is 0 Å². The first kappa shape index (κ1) is 15.0. The fourth-order valence-corrected chi connectivity index (χ4v) is 1.80. The molecule has 0 spiro atoms. The van der Waals surface area contributed by atoms with Crippen molar-refractivity contribution < 1.29 is 23.0 Å². The van der Waals surface area contributed by atoms with Crippen LogP contribution in [0.2, 0.25) is 0 Å². The Labute approximate surface area is 104 Å². The Morgan fingerprint density at radius 1 is 1.33 bits per heavy atom. The van der Waals surface area contributed by atoms with Gasteiger partial charge in [0.15, 0.2) is 0 Å². The van der Waals surface area contributed by atoms with Crippen LogP contribution in [0.1, 0.15) is 35.6 Å². The summed E-state index contributed by atoms with van der Waals surface area (Å²) >= 11 is 0. The lowest BCUT2D eigenvalue weighted by molar-refractivity contribution is -0.137. The Morgan fingerprint density at radius 3 is 2.50 bits per heavy atom. The normalized spacial score (nSPS) is 13.7. The third kappa shape index (κ3) is 3.99. The van der Waals surface area contributed by atoms with Crippen LogP contribution in [-0.2, 0) is 10.9 Å². The number of benzene rings is 1. The van der Waals surface area contributed by atoms with E-state index in [1.165, 1.54) is 6.07 Å². The Kier molecular flexibility index (Phi) is 5.16. The van der Waals surface area contributed by atoms with Gasteiger partial charge >= 0.3 is 6.18 Å². The number of aliphatic hydroxyl groups excluding tert-OH is 1. The van der Waals surface area contributed by atoms with Crippen molar-refractivity contribution in [1.82, 2.24) is 0 Å². The second-order valence-corrected chi connectivity index (χ2v) is 4.22. The summed E-state index contributed by atoms with van der Waals surface area (Å²) in [5.74, 6) is 0. The molecule has 1 unspecified atom stereocenters. The first-order valence-corrected chi connectivity index (χ1v) is 5.71. The lowest BCUT2D eigenvalue weighted by atomic mass is 9.98. The molecular formula is C13H17F3O2. The molecule has 0 aromatic heterocycles. The number of halogens is 3. The molecule has 1 aromatic rings. The van der Waals surface area contributed by atoms with Crippen LogP contribution in [0.15, 0.2) is 18.2 Å². The highest BCUT2D eigenvalue weighted by Crippen LogP contribution is 2.32. The van der Waals surface area contributed by atoms with Gasteiger partial charge in [-0.15, -0.1) is 0 Å². The molecule has 0 aliphatic heterocycles. The monoisotopic (exact) mass is 262 g/mol. The fourth-order valence-electron chi connectivity index (χ4n) is 1.80. The first-order valence-electron chi connectivity index (χ1n) is 5.71. The molecule has 0 heterocycles. The zero-order valence-electron chi connectivity index (χ0n) is 10.4. The predicted molar refractivity (Wildman–Crippen MR) is 62.3 cm³/mol. The number of methoxy groups -OCH3 is 1. The van der Waals surface area contributed by atoms with Crippen molar-refractivity contribution >= 4 is 0 Å². The van der Waals surface area contributed by atoms with E-state index in [0.717, 1.165) is 12.1 Å². The second kappa shape index (κ2) is 6.20. The van der Waals surface area contributed by atoms with E-state index in [4.69, 9.17) is 4.74 Å². The average Bonchev–Trinajstić information content (AvgIpc) is 2.27. The maximum atomic E-state index is 12.5. The largest absolute Gasteiger partial charge is 0.416 e. The Hall–Kier alpha value is -1.07. The Balaban J connectivity index is 2.79. The zero-order chi connectivity index (χ0) is 13.8. The standard InChI is InChI=1S/C13H17F3O2/c1-9-8-10(13(14,15)16)5-6-11(9)12(17)4-3-7-18-2/h5-6,8,12,17H,3-4,7H2,1-2H3. The van der Waals surface area contributed by atoms with Crippen molar-refractivity contribution in [2.24, 2.45) is 0 Å². The molecule has 0 fully saturated rings. The van der Waals surface area contributed by atoms with Crippen molar-refractivity contribution in [3.8, 4) is 0 Å². The van der Waals surface area contributed by atoms with Gasteiger partial charge in [0.25, 0.3) is 0 Å². The maximum Gasteiger partial charge on any atom is 0.416 e. The van der Waals surface area contributed by atoms with E-state index in [-0.39, 0.29) is 0 Å². The summed E-state index contributed by atoms with van der Waals surface area (Å²) in [5, 5.41) is 9.88. The van der Waals surface area contributed by atoms with Gasteiger partial charge < -0.3 is 9.84 Å². The van der Waals surface area contributed by atoms with E-state index in [2.05, 4.69) is 0 Å². The van der Waals surface area contributed by atoms with Crippen molar-refractivity contribution in [2.45, 2.75) is 32.0 Å². The molecule has 1 rings (SSSR count). The summed E-state index contributed by atoms with van der Waals surface area (Å²) in [4.78, 5) is 0. The van der Waals surface area contributed by atoms with E-state index < -0.39 is 17.8 Å². The molecule has 102 valence electrons. The Bertz CT molecular complexity index is 388. The zero-order valence-corrected chi connectivity index (χ0v) is 10.4. The minimum Gasteiger partial charge on any atom is -0.388 e. The van der Waals surface area contributed by atoms with Crippen molar-refractivity contribution in [1.29, 1.82) is 0 Å². The SMILES string of the molecule is COCCCC(O)c1ccc(C(F)(F)F)cc1C. The summed E-state index contributed by atoms with van der Waals surface area (Å²) in [7, 11) is 1.57. The van der Waals surface area contributed by atoms with Crippen LogP contribution < -0.4 is 0 Å². The molecule has 1 N–H and O–H groups in total. The van der Waals surface area contributed by atoms with Crippen LogP contribution in [0.5, 0.6) is 0 Å². The molecule has 0 amide bonds. The molecule has 18 heavy (non-hydrogen) atoms.